The minimum Gasteiger partial charge on any atom is -0.341 e. The van der Waals surface area contributed by atoms with Crippen molar-refractivity contribution in [3.63, 3.8) is 0 Å². The molecular weight excluding hydrogens is 300 g/mol. The number of aryl methyl sites for hydroxylation is 1. The van der Waals surface area contributed by atoms with E-state index in [1.165, 1.54) is 18.1 Å². The number of nitrogens with one attached hydrogen (secondary N) is 1. The molecule has 24 heavy (non-hydrogen) atoms. The summed E-state index contributed by atoms with van der Waals surface area (Å²) in [5.41, 5.74) is 4.18. The molecule has 1 aliphatic rings. The first kappa shape index (κ1) is 16.2. The van der Waals surface area contributed by atoms with Crippen LogP contribution in [0.3, 0.4) is 0 Å². The lowest BCUT2D eigenvalue weighted by Gasteiger charge is -2.18. The number of amides is 2. The van der Waals surface area contributed by atoms with Gasteiger partial charge >= 0.3 is 0 Å². The molecule has 0 saturated heterocycles. The Hall–Kier alpha value is -2.62. The average Bonchev–Trinajstić information content (AvgIpc) is 2.85. The summed E-state index contributed by atoms with van der Waals surface area (Å²) in [6, 6.07) is 15.6. The van der Waals surface area contributed by atoms with E-state index < -0.39 is 6.04 Å². The Balaban J connectivity index is 1.87. The van der Waals surface area contributed by atoms with Crippen LogP contribution < -0.4 is 10.2 Å². The normalized spacial score (nSPS) is 16.2. The molecule has 1 unspecified atom stereocenters. The van der Waals surface area contributed by atoms with Crippen LogP contribution in [0.25, 0.3) is 0 Å². The van der Waals surface area contributed by atoms with E-state index in [0.29, 0.717) is 6.54 Å². The van der Waals surface area contributed by atoms with E-state index in [2.05, 4.69) is 30.4 Å². The molecule has 2 amide bonds. The van der Waals surface area contributed by atoms with Crippen LogP contribution >= 0.6 is 0 Å². The average molecular weight is 322 g/mol. The number of fused-ring (bicyclic) bond motifs is 1. The molecule has 0 radical (unpaired) electrons. The quantitative estimate of drug-likeness (QED) is 0.920. The fraction of sp³-hybridized carbons (Fsp3) is 0.300. The zero-order chi connectivity index (χ0) is 17.1. The summed E-state index contributed by atoms with van der Waals surface area (Å²) < 4.78 is 0. The molecule has 4 heteroatoms. The number of carbonyl (C=O) groups excluding carboxylic acids is 2. The summed E-state index contributed by atoms with van der Waals surface area (Å²) in [6.07, 6.45) is 1.69. The smallest absolute Gasteiger partial charge is 0.254 e. The second kappa shape index (κ2) is 6.87. The maximum absolute atomic E-state index is 12.8. The number of hydrogen-bond donors (Lipinski definition) is 1. The molecule has 0 fully saturated rings. The van der Waals surface area contributed by atoms with Crippen LogP contribution in [0.5, 0.6) is 0 Å². The molecular formula is C20H22N2O2. The van der Waals surface area contributed by atoms with Crippen molar-refractivity contribution in [2.24, 2.45) is 0 Å². The van der Waals surface area contributed by atoms with E-state index in [1.807, 2.05) is 30.3 Å². The molecule has 1 heterocycles. The van der Waals surface area contributed by atoms with E-state index in [1.54, 1.807) is 4.90 Å². The van der Waals surface area contributed by atoms with Gasteiger partial charge in [-0.2, -0.15) is 0 Å². The lowest BCUT2D eigenvalue weighted by atomic mass is 10.0. The van der Waals surface area contributed by atoms with Gasteiger partial charge in [-0.05, 0) is 30.0 Å². The molecule has 0 aliphatic carbocycles. The van der Waals surface area contributed by atoms with Gasteiger partial charge in [0.15, 0.2) is 0 Å². The van der Waals surface area contributed by atoms with Gasteiger partial charge in [-0.15, -0.1) is 0 Å². The minimum atomic E-state index is -0.570. The Labute approximate surface area is 142 Å². The maximum atomic E-state index is 12.8. The Morgan fingerprint density at radius 2 is 1.88 bits per heavy atom. The van der Waals surface area contributed by atoms with Gasteiger partial charge in [0.05, 0.1) is 0 Å². The van der Waals surface area contributed by atoms with Gasteiger partial charge in [-0.3, -0.25) is 9.59 Å². The zero-order valence-electron chi connectivity index (χ0n) is 14.1. The SMILES string of the molecule is CCc1ccc2c(c1)C(NC(C)=O)C(=O)N2CCc1ccccc1. The molecule has 3 rings (SSSR count). The third-order valence-corrected chi connectivity index (χ3v) is 4.43. The third-order valence-electron chi connectivity index (χ3n) is 4.43. The van der Waals surface area contributed by atoms with E-state index >= 15 is 0 Å². The molecule has 0 aromatic heterocycles. The van der Waals surface area contributed by atoms with Crippen LogP contribution in [-0.4, -0.2) is 18.4 Å². The minimum absolute atomic E-state index is 0.0515. The number of anilines is 1. The lowest BCUT2D eigenvalue weighted by molar-refractivity contribution is -0.126. The fourth-order valence-electron chi connectivity index (χ4n) is 3.17. The number of benzene rings is 2. The summed E-state index contributed by atoms with van der Waals surface area (Å²) in [4.78, 5) is 26.1. The summed E-state index contributed by atoms with van der Waals surface area (Å²) in [7, 11) is 0. The van der Waals surface area contributed by atoms with Crippen molar-refractivity contribution in [2.45, 2.75) is 32.7 Å². The molecule has 0 saturated carbocycles. The van der Waals surface area contributed by atoms with Gasteiger partial charge < -0.3 is 10.2 Å². The fourth-order valence-corrected chi connectivity index (χ4v) is 3.17. The topological polar surface area (TPSA) is 49.4 Å². The monoisotopic (exact) mass is 322 g/mol. The predicted octanol–water partition coefficient (Wildman–Crippen LogP) is 3.02. The van der Waals surface area contributed by atoms with Crippen LogP contribution in [-0.2, 0) is 22.4 Å². The highest BCUT2D eigenvalue weighted by Crippen LogP contribution is 2.36. The van der Waals surface area contributed by atoms with Crippen LogP contribution in [0.2, 0.25) is 0 Å². The highest BCUT2D eigenvalue weighted by atomic mass is 16.2. The molecule has 124 valence electrons. The highest BCUT2D eigenvalue weighted by Gasteiger charge is 2.37. The second-order valence-corrected chi connectivity index (χ2v) is 6.11. The summed E-state index contributed by atoms with van der Waals surface area (Å²) in [5, 5.41) is 2.80. The van der Waals surface area contributed by atoms with Crippen molar-refractivity contribution >= 4 is 17.5 Å². The Morgan fingerprint density at radius 1 is 1.12 bits per heavy atom. The molecule has 4 nitrogen and oxygen atoms in total. The van der Waals surface area contributed by atoms with Gasteiger partial charge in [-0.1, -0.05) is 49.4 Å². The molecule has 0 spiro atoms. The Morgan fingerprint density at radius 3 is 2.54 bits per heavy atom. The third kappa shape index (κ3) is 3.18. The van der Waals surface area contributed by atoms with Gasteiger partial charge in [0.2, 0.25) is 5.91 Å². The van der Waals surface area contributed by atoms with E-state index in [0.717, 1.165) is 24.1 Å². The first-order valence-electron chi connectivity index (χ1n) is 8.35. The zero-order valence-corrected chi connectivity index (χ0v) is 14.1. The molecule has 1 atom stereocenters. The van der Waals surface area contributed by atoms with Gasteiger partial charge in [-0.25, -0.2) is 0 Å². The number of carbonyl (C=O) groups is 2. The predicted molar refractivity (Wildman–Crippen MR) is 94.9 cm³/mol. The molecule has 2 aromatic rings. The number of rotatable bonds is 5. The van der Waals surface area contributed by atoms with Gasteiger partial charge in [0.25, 0.3) is 5.91 Å². The van der Waals surface area contributed by atoms with Crippen LogP contribution in [0, 0.1) is 0 Å². The summed E-state index contributed by atoms with van der Waals surface area (Å²) in [5.74, 6) is -0.240. The molecule has 2 aromatic carbocycles. The van der Waals surface area contributed by atoms with Crippen molar-refractivity contribution in [3.05, 3.63) is 65.2 Å². The Bertz CT molecular complexity index is 755. The summed E-state index contributed by atoms with van der Waals surface area (Å²) in [6.45, 7) is 4.14. The number of nitrogens with zero attached hydrogens (tertiary/aromatic N) is 1. The lowest BCUT2D eigenvalue weighted by Crippen LogP contribution is -2.37. The van der Waals surface area contributed by atoms with Crippen molar-refractivity contribution in [2.75, 3.05) is 11.4 Å². The van der Waals surface area contributed by atoms with Crippen molar-refractivity contribution in [3.8, 4) is 0 Å². The van der Waals surface area contributed by atoms with Crippen LogP contribution in [0.15, 0.2) is 48.5 Å². The molecule has 0 bridgehead atoms. The van der Waals surface area contributed by atoms with Gasteiger partial charge in [0.1, 0.15) is 6.04 Å². The first-order valence-corrected chi connectivity index (χ1v) is 8.35. The van der Waals surface area contributed by atoms with Crippen molar-refractivity contribution in [1.29, 1.82) is 0 Å². The van der Waals surface area contributed by atoms with Crippen molar-refractivity contribution in [1.82, 2.24) is 5.32 Å². The van der Waals surface area contributed by atoms with Crippen LogP contribution in [0.1, 0.15) is 36.6 Å². The van der Waals surface area contributed by atoms with E-state index in [-0.39, 0.29) is 11.8 Å². The largest absolute Gasteiger partial charge is 0.341 e. The van der Waals surface area contributed by atoms with Crippen molar-refractivity contribution < 1.29 is 9.59 Å². The first-order chi connectivity index (χ1) is 11.6. The van der Waals surface area contributed by atoms with E-state index in [4.69, 9.17) is 0 Å². The summed E-state index contributed by atoms with van der Waals surface area (Å²) >= 11 is 0. The maximum Gasteiger partial charge on any atom is 0.254 e. The van der Waals surface area contributed by atoms with Crippen LogP contribution in [0.4, 0.5) is 5.69 Å². The van der Waals surface area contributed by atoms with Gasteiger partial charge in [0, 0.05) is 24.7 Å². The highest BCUT2D eigenvalue weighted by molar-refractivity contribution is 6.06. The molecule has 1 aliphatic heterocycles. The molecule has 1 N–H and O–H groups in total. The Kier molecular flexibility index (Phi) is 4.65. The second-order valence-electron chi connectivity index (χ2n) is 6.11. The van der Waals surface area contributed by atoms with E-state index in [9.17, 15) is 9.59 Å². The standard InChI is InChI=1S/C20H22N2O2/c1-3-15-9-10-18-17(13-15)19(21-14(2)23)20(24)22(18)12-11-16-7-5-4-6-8-16/h4-10,13,19H,3,11-12H2,1-2H3,(H,21,23). The number of hydrogen-bond acceptors (Lipinski definition) is 2.